The van der Waals surface area contributed by atoms with Crippen molar-refractivity contribution in [1.82, 2.24) is 0 Å². The number of carbonyl (C=O) groups is 1. The first-order valence-corrected chi connectivity index (χ1v) is 6.15. The van der Waals surface area contributed by atoms with E-state index in [1.54, 1.807) is 6.07 Å². The molecule has 3 N–H and O–H groups in total. The van der Waals surface area contributed by atoms with E-state index in [2.05, 4.69) is 10.2 Å². The van der Waals surface area contributed by atoms with Crippen LogP contribution in [0.5, 0.6) is 5.75 Å². The molecule has 1 aromatic rings. The van der Waals surface area contributed by atoms with Crippen molar-refractivity contribution >= 4 is 42.1 Å². The lowest BCUT2D eigenvalue weighted by atomic mass is 10.2. The van der Waals surface area contributed by atoms with Crippen LogP contribution in [0.1, 0.15) is 0 Å². The van der Waals surface area contributed by atoms with Gasteiger partial charge in [-0.1, -0.05) is 0 Å². The second-order valence-corrected chi connectivity index (χ2v) is 4.50. The molecule has 6 nitrogen and oxygen atoms in total. The van der Waals surface area contributed by atoms with Gasteiger partial charge in [0.25, 0.3) is 0 Å². The highest BCUT2D eigenvalue weighted by molar-refractivity contribution is 5.95. The molecule has 2 rings (SSSR count). The van der Waals surface area contributed by atoms with Crippen LogP contribution in [0.3, 0.4) is 0 Å². The number of amides is 1. The second-order valence-electron chi connectivity index (χ2n) is 4.50. The van der Waals surface area contributed by atoms with E-state index in [0.717, 1.165) is 18.0 Å². The molecule has 1 amide bonds. The zero-order chi connectivity index (χ0) is 13.8. The summed E-state index contributed by atoms with van der Waals surface area (Å²) < 4.78 is 10.4. The zero-order valence-corrected chi connectivity index (χ0v) is 13.6. The second kappa shape index (κ2) is 8.94. The van der Waals surface area contributed by atoms with E-state index in [1.165, 1.54) is 7.11 Å². The molecule has 1 aromatic carbocycles. The Morgan fingerprint density at radius 2 is 2.24 bits per heavy atom. The van der Waals surface area contributed by atoms with Gasteiger partial charge in [0.1, 0.15) is 18.4 Å². The summed E-state index contributed by atoms with van der Waals surface area (Å²) in [5.74, 6) is 0.564. The molecule has 0 bridgehead atoms. The van der Waals surface area contributed by atoms with E-state index in [4.69, 9.17) is 15.2 Å². The SMILES string of the molecule is COCC(N)C(=O)Nc1ccc2c(c1)N(C)CCO2.Cl.Cl. The average Bonchev–Trinajstić information content (AvgIpc) is 2.40. The summed E-state index contributed by atoms with van der Waals surface area (Å²) in [5.41, 5.74) is 7.33. The molecular weight excluding hydrogens is 317 g/mol. The summed E-state index contributed by atoms with van der Waals surface area (Å²) in [7, 11) is 3.50. The molecule has 0 saturated carbocycles. The topological polar surface area (TPSA) is 76.8 Å². The van der Waals surface area contributed by atoms with Gasteiger partial charge >= 0.3 is 0 Å². The van der Waals surface area contributed by atoms with Gasteiger partial charge in [-0.25, -0.2) is 0 Å². The van der Waals surface area contributed by atoms with Gasteiger partial charge in [0, 0.05) is 19.8 Å². The van der Waals surface area contributed by atoms with E-state index < -0.39 is 6.04 Å². The maximum atomic E-state index is 11.8. The normalized spacial score (nSPS) is 14.0. The van der Waals surface area contributed by atoms with Crippen LogP contribution in [0.15, 0.2) is 18.2 Å². The number of hydrogen-bond acceptors (Lipinski definition) is 5. The molecule has 8 heteroatoms. The van der Waals surface area contributed by atoms with E-state index in [0.29, 0.717) is 12.3 Å². The molecule has 1 unspecified atom stereocenters. The number of nitrogens with one attached hydrogen (secondary N) is 1. The Bertz CT molecular complexity index is 474. The monoisotopic (exact) mass is 337 g/mol. The van der Waals surface area contributed by atoms with Gasteiger partial charge in [0.2, 0.25) is 5.91 Å². The third-order valence-electron chi connectivity index (χ3n) is 3.00. The van der Waals surface area contributed by atoms with E-state index >= 15 is 0 Å². The lowest BCUT2D eigenvalue weighted by Gasteiger charge is -2.28. The van der Waals surface area contributed by atoms with Crippen LogP contribution in [0.4, 0.5) is 11.4 Å². The van der Waals surface area contributed by atoms with Crippen LogP contribution in [0.25, 0.3) is 0 Å². The van der Waals surface area contributed by atoms with Gasteiger partial charge in [-0.2, -0.15) is 0 Å². The minimum Gasteiger partial charge on any atom is -0.490 e. The highest BCUT2D eigenvalue weighted by Gasteiger charge is 2.17. The fourth-order valence-electron chi connectivity index (χ4n) is 1.92. The maximum Gasteiger partial charge on any atom is 0.243 e. The highest BCUT2D eigenvalue weighted by Crippen LogP contribution is 2.33. The molecular formula is C13H21Cl2N3O3. The van der Waals surface area contributed by atoms with Crippen molar-refractivity contribution in [2.45, 2.75) is 6.04 Å². The van der Waals surface area contributed by atoms with Gasteiger partial charge in [0.15, 0.2) is 0 Å². The molecule has 0 aliphatic carbocycles. The van der Waals surface area contributed by atoms with Crippen molar-refractivity contribution in [3.05, 3.63) is 18.2 Å². The first kappa shape index (κ1) is 19.8. The molecule has 0 saturated heterocycles. The van der Waals surface area contributed by atoms with Crippen molar-refractivity contribution in [2.75, 3.05) is 44.1 Å². The first-order valence-electron chi connectivity index (χ1n) is 6.15. The van der Waals surface area contributed by atoms with Crippen LogP contribution in [0.2, 0.25) is 0 Å². The van der Waals surface area contributed by atoms with Crippen LogP contribution in [0, 0.1) is 0 Å². The van der Waals surface area contributed by atoms with Gasteiger partial charge in [0.05, 0.1) is 18.8 Å². The summed E-state index contributed by atoms with van der Waals surface area (Å²) in [6.45, 7) is 1.70. The molecule has 0 spiro atoms. The smallest absolute Gasteiger partial charge is 0.243 e. The van der Waals surface area contributed by atoms with Gasteiger partial charge in [-0.15, -0.1) is 24.8 Å². The molecule has 0 aromatic heterocycles. The number of hydrogen-bond donors (Lipinski definition) is 2. The van der Waals surface area contributed by atoms with Crippen LogP contribution in [-0.2, 0) is 9.53 Å². The Hall–Kier alpha value is -1.21. The zero-order valence-electron chi connectivity index (χ0n) is 12.0. The van der Waals surface area contributed by atoms with E-state index in [1.807, 2.05) is 19.2 Å². The van der Waals surface area contributed by atoms with Crippen LogP contribution < -0.4 is 20.7 Å². The van der Waals surface area contributed by atoms with Crippen molar-refractivity contribution in [1.29, 1.82) is 0 Å². The molecule has 1 aliphatic heterocycles. The Morgan fingerprint density at radius 1 is 1.52 bits per heavy atom. The number of fused-ring (bicyclic) bond motifs is 1. The summed E-state index contributed by atoms with van der Waals surface area (Å²) in [5, 5.41) is 2.77. The predicted molar refractivity (Wildman–Crippen MR) is 88.2 cm³/mol. The Kier molecular flexibility index (Phi) is 8.43. The number of ether oxygens (including phenoxy) is 2. The molecule has 1 aliphatic rings. The standard InChI is InChI=1S/C13H19N3O3.2ClH/c1-16-5-6-19-12-4-3-9(7-11(12)16)15-13(17)10(14)8-18-2;;/h3-4,7,10H,5-6,8,14H2,1-2H3,(H,15,17);2*1H. The summed E-state index contributed by atoms with van der Waals surface area (Å²) in [6, 6.07) is 4.86. The van der Waals surface area contributed by atoms with E-state index in [9.17, 15) is 4.79 Å². The van der Waals surface area contributed by atoms with Gasteiger partial charge in [-0.3, -0.25) is 4.79 Å². The maximum absolute atomic E-state index is 11.8. The largest absolute Gasteiger partial charge is 0.490 e. The molecule has 1 atom stereocenters. The number of rotatable bonds is 4. The van der Waals surface area contributed by atoms with Crippen LogP contribution in [-0.4, -0.2) is 45.9 Å². The lowest BCUT2D eigenvalue weighted by Crippen LogP contribution is -2.39. The number of nitrogens with zero attached hydrogens (tertiary/aromatic N) is 1. The Morgan fingerprint density at radius 3 is 2.90 bits per heavy atom. The fourth-order valence-corrected chi connectivity index (χ4v) is 1.92. The number of carbonyl (C=O) groups excluding carboxylic acids is 1. The number of halogens is 2. The summed E-state index contributed by atoms with van der Waals surface area (Å²) >= 11 is 0. The Labute approximate surface area is 136 Å². The number of anilines is 2. The third-order valence-corrected chi connectivity index (χ3v) is 3.00. The number of benzene rings is 1. The minimum atomic E-state index is -0.671. The highest BCUT2D eigenvalue weighted by atomic mass is 35.5. The van der Waals surface area contributed by atoms with Crippen molar-refractivity contribution in [3.8, 4) is 5.75 Å². The number of nitrogens with two attached hydrogens (primary N) is 1. The number of likely N-dealkylation sites (N-methyl/N-ethyl adjacent to an activating group) is 1. The van der Waals surface area contributed by atoms with Gasteiger partial charge < -0.3 is 25.4 Å². The van der Waals surface area contributed by atoms with E-state index in [-0.39, 0.29) is 37.3 Å². The van der Waals surface area contributed by atoms with Crippen LogP contribution >= 0.6 is 24.8 Å². The predicted octanol–water partition coefficient (Wildman–Crippen LogP) is 1.27. The fraction of sp³-hybridized carbons (Fsp3) is 0.462. The van der Waals surface area contributed by atoms with Gasteiger partial charge in [-0.05, 0) is 18.2 Å². The number of methoxy groups -OCH3 is 1. The first-order chi connectivity index (χ1) is 9.11. The van der Waals surface area contributed by atoms with Crippen molar-refractivity contribution in [2.24, 2.45) is 5.73 Å². The third kappa shape index (κ3) is 4.93. The Balaban J connectivity index is 0.00000200. The lowest BCUT2D eigenvalue weighted by molar-refractivity contribution is -0.118. The quantitative estimate of drug-likeness (QED) is 0.865. The summed E-state index contributed by atoms with van der Waals surface area (Å²) in [4.78, 5) is 13.9. The molecule has 120 valence electrons. The molecule has 1 heterocycles. The minimum absolute atomic E-state index is 0. The van der Waals surface area contributed by atoms with Crippen molar-refractivity contribution < 1.29 is 14.3 Å². The molecule has 21 heavy (non-hydrogen) atoms. The molecule has 0 fully saturated rings. The molecule has 0 radical (unpaired) electrons. The average molecular weight is 338 g/mol. The summed E-state index contributed by atoms with van der Waals surface area (Å²) in [6.07, 6.45) is 0. The van der Waals surface area contributed by atoms with Crippen molar-refractivity contribution in [3.63, 3.8) is 0 Å².